The van der Waals surface area contributed by atoms with Crippen molar-refractivity contribution in [2.24, 2.45) is 5.92 Å². The van der Waals surface area contributed by atoms with Crippen LogP contribution in [0.25, 0.3) is 5.65 Å². The van der Waals surface area contributed by atoms with Crippen molar-refractivity contribution >= 4 is 11.6 Å². The van der Waals surface area contributed by atoms with Crippen LogP contribution in [0.3, 0.4) is 0 Å². The molecule has 2 aromatic heterocycles. The number of nitrogens with zero attached hydrogens (tertiary/aromatic N) is 5. The lowest BCUT2D eigenvalue weighted by molar-refractivity contribution is 0.0774. The molecule has 0 radical (unpaired) electrons. The van der Waals surface area contributed by atoms with Crippen LogP contribution in [0.1, 0.15) is 30.6 Å². The first-order chi connectivity index (χ1) is 10.6. The molecule has 3 heterocycles. The van der Waals surface area contributed by atoms with Gasteiger partial charge < -0.3 is 9.80 Å². The van der Waals surface area contributed by atoms with E-state index in [1.165, 1.54) is 0 Å². The highest BCUT2D eigenvalue weighted by Crippen LogP contribution is 2.20. The molecule has 1 atom stereocenters. The number of rotatable bonds is 4. The van der Waals surface area contributed by atoms with Crippen molar-refractivity contribution in [1.82, 2.24) is 24.4 Å². The normalized spacial score (nSPS) is 19.2. The van der Waals surface area contributed by atoms with Gasteiger partial charge in [0.05, 0.1) is 5.56 Å². The molecule has 0 aromatic carbocycles. The first kappa shape index (κ1) is 15.0. The zero-order valence-electron chi connectivity index (χ0n) is 13.4. The summed E-state index contributed by atoms with van der Waals surface area (Å²) in [6.45, 7) is 7.44. The van der Waals surface area contributed by atoms with Crippen LogP contribution >= 0.6 is 0 Å². The summed E-state index contributed by atoms with van der Waals surface area (Å²) in [5.41, 5.74) is 1.23. The fourth-order valence-corrected chi connectivity index (χ4v) is 3.17. The molecule has 0 saturated carbocycles. The van der Waals surface area contributed by atoms with Gasteiger partial charge >= 0.3 is 0 Å². The Bertz CT molecular complexity index is 665. The molecule has 6 nitrogen and oxygen atoms in total. The Morgan fingerprint density at radius 3 is 3.05 bits per heavy atom. The fourth-order valence-electron chi connectivity index (χ4n) is 3.17. The maximum Gasteiger partial charge on any atom is 0.257 e. The van der Waals surface area contributed by atoms with E-state index >= 15 is 0 Å². The van der Waals surface area contributed by atoms with E-state index in [-0.39, 0.29) is 5.91 Å². The standard InChI is InChI=1S/C16H23N5O/c1-12(2)20-8-6-13(10-20)9-19(3)16(22)14-5-4-7-21-11-17-18-15(14)21/h4-5,7,11-13H,6,8-10H2,1-3H3/t13-/m1/s1. The first-order valence-corrected chi connectivity index (χ1v) is 7.84. The number of pyridine rings is 1. The van der Waals surface area contributed by atoms with Crippen LogP contribution in [0.15, 0.2) is 24.7 Å². The number of aromatic nitrogens is 3. The number of fused-ring (bicyclic) bond motifs is 1. The van der Waals surface area contributed by atoms with Crippen LogP contribution in [0.2, 0.25) is 0 Å². The fraction of sp³-hybridized carbons (Fsp3) is 0.562. The Morgan fingerprint density at radius 2 is 2.32 bits per heavy atom. The number of carbonyl (C=O) groups excluding carboxylic acids is 1. The summed E-state index contributed by atoms with van der Waals surface area (Å²) in [4.78, 5) is 17.0. The third-order valence-electron chi connectivity index (χ3n) is 4.48. The lowest BCUT2D eigenvalue weighted by atomic mass is 10.1. The second kappa shape index (κ2) is 6.04. The average Bonchev–Trinajstić information content (AvgIpc) is 3.14. The minimum atomic E-state index is 0.0154. The smallest absolute Gasteiger partial charge is 0.257 e. The quantitative estimate of drug-likeness (QED) is 0.859. The highest BCUT2D eigenvalue weighted by atomic mass is 16.2. The molecule has 1 aliphatic heterocycles. The van der Waals surface area contributed by atoms with E-state index in [2.05, 4.69) is 28.9 Å². The van der Waals surface area contributed by atoms with Crippen molar-refractivity contribution < 1.29 is 4.79 Å². The molecule has 1 saturated heterocycles. The molecule has 0 N–H and O–H groups in total. The molecule has 1 fully saturated rings. The van der Waals surface area contributed by atoms with Crippen LogP contribution in [-0.2, 0) is 0 Å². The zero-order chi connectivity index (χ0) is 15.7. The van der Waals surface area contributed by atoms with Gasteiger partial charge in [-0.05, 0) is 44.9 Å². The Balaban J connectivity index is 1.69. The van der Waals surface area contributed by atoms with Crippen molar-refractivity contribution in [2.45, 2.75) is 26.3 Å². The van der Waals surface area contributed by atoms with Gasteiger partial charge in [0.15, 0.2) is 5.65 Å². The van der Waals surface area contributed by atoms with Crippen molar-refractivity contribution in [1.29, 1.82) is 0 Å². The summed E-state index contributed by atoms with van der Waals surface area (Å²) in [5.74, 6) is 0.565. The zero-order valence-corrected chi connectivity index (χ0v) is 13.4. The van der Waals surface area contributed by atoms with Gasteiger partial charge in [-0.1, -0.05) is 0 Å². The van der Waals surface area contributed by atoms with Gasteiger partial charge in [-0.2, -0.15) is 0 Å². The maximum atomic E-state index is 12.7. The minimum Gasteiger partial charge on any atom is -0.341 e. The number of likely N-dealkylation sites (tertiary alicyclic amines) is 1. The molecule has 3 rings (SSSR count). The summed E-state index contributed by atoms with van der Waals surface area (Å²) in [5, 5.41) is 7.92. The topological polar surface area (TPSA) is 53.7 Å². The minimum absolute atomic E-state index is 0.0154. The third kappa shape index (κ3) is 2.83. The van der Waals surface area contributed by atoms with E-state index in [4.69, 9.17) is 0 Å². The lowest BCUT2D eigenvalue weighted by Crippen LogP contribution is -2.34. The monoisotopic (exact) mass is 301 g/mol. The van der Waals surface area contributed by atoms with Gasteiger partial charge in [0.25, 0.3) is 5.91 Å². The summed E-state index contributed by atoms with van der Waals surface area (Å²) in [7, 11) is 1.88. The molecule has 1 aliphatic rings. The van der Waals surface area contributed by atoms with Gasteiger partial charge in [0.2, 0.25) is 0 Å². The van der Waals surface area contributed by atoms with Crippen molar-refractivity contribution in [3.05, 3.63) is 30.2 Å². The summed E-state index contributed by atoms with van der Waals surface area (Å²) >= 11 is 0. The van der Waals surface area contributed by atoms with E-state index in [0.29, 0.717) is 23.2 Å². The van der Waals surface area contributed by atoms with E-state index in [1.54, 1.807) is 10.7 Å². The highest BCUT2D eigenvalue weighted by molar-refractivity contribution is 5.99. The average molecular weight is 301 g/mol. The second-order valence-electron chi connectivity index (χ2n) is 6.41. The SMILES string of the molecule is CC(C)N1CC[C@H](CN(C)C(=O)c2cccn3cnnc23)C1. The van der Waals surface area contributed by atoms with Crippen LogP contribution in [-0.4, -0.2) is 63.0 Å². The molecular formula is C16H23N5O. The molecule has 118 valence electrons. The molecule has 2 aromatic rings. The van der Waals surface area contributed by atoms with Crippen molar-refractivity contribution in [3.63, 3.8) is 0 Å². The van der Waals surface area contributed by atoms with Gasteiger partial charge in [-0.15, -0.1) is 10.2 Å². The van der Waals surface area contributed by atoms with Crippen molar-refractivity contribution in [3.8, 4) is 0 Å². The molecule has 0 spiro atoms. The van der Waals surface area contributed by atoms with Crippen LogP contribution < -0.4 is 0 Å². The molecule has 0 bridgehead atoms. The Morgan fingerprint density at radius 1 is 1.50 bits per heavy atom. The predicted octanol–water partition coefficient (Wildman–Crippen LogP) is 1.53. The largest absolute Gasteiger partial charge is 0.341 e. The van der Waals surface area contributed by atoms with E-state index in [9.17, 15) is 4.79 Å². The highest BCUT2D eigenvalue weighted by Gasteiger charge is 2.27. The molecular weight excluding hydrogens is 278 g/mol. The van der Waals surface area contributed by atoms with E-state index in [1.807, 2.05) is 30.3 Å². The van der Waals surface area contributed by atoms with Crippen LogP contribution in [0, 0.1) is 5.92 Å². The number of hydrogen-bond acceptors (Lipinski definition) is 4. The molecule has 0 aliphatic carbocycles. The van der Waals surface area contributed by atoms with Gasteiger partial charge in [0, 0.05) is 32.4 Å². The van der Waals surface area contributed by atoms with Gasteiger partial charge in [-0.25, -0.2) is 0 Å². The van der Waals surface area contributed by atoms with E-state index in [0.717, 1.165) is 26.1 Å². The lowest BCUT2D eigenvalue weighted by Gasteiger charge is -2.23. The van der Waals surface area contributed by atoms with Crippen LogP contribution in [0.5, 0.6) is 0 Å². The van der Waals surface area contributed by atoms with Crippen molar-refractivity contribution in [2.75, 3.05) is 26.7 Å². The molecule has 6 heteroatoms. The Kier molecular flexibility index (Phi) is 4.11. The summed E-state index contributed by atoms with van der Waals surface area (Å²) in [6.07, 6.45) is 4.62. The predicted molar refractivity (Wildman–Crippen MR) is 84.8 cm³/mol. The molecule has 22 heavy (non-hydrogen) atoms. The third-order valence-corrected chi connectivity index (χ3v) is 4.48. The second-order valence-corrected chi connectivity index (χ2v) is 6.41. The Hall–Kier alpha value is -1.95. The first-order valence-electron chi connectivity index (χ1n) is 7.84. The Labute approximate surface area is 130 Å². The van der Waals surface area contributed by atoms with Crippen LogP contribution in [0.4, 0.5) is 0 Å². The maximum absolute atomic E-state index is 12.7. The van der Waals surface area contributed by atoms with Gasteiger partial charge in [0.1, 0.15) is 6.33 Å². The number of amides is 1. The summed E-state index contributed by atoms with van der Waals surface area (Å²) in [6, 6.07) is 4.25. The van der Waals surface area contributed by atoms with E-state index < -0.39 is 0 Å². The number of hydrogen-bond donors (Lipinski definition) is 0. The molecule has 1 amide bonds. The number of carbonyl (C=O) groups is 1. The van der Waals surface area contributed by atoms with Gasteiger partial charge in [-0.3, -0.25) is 9.20 Å². The molecule has 0 unspecified atom stereocenters. The summed E-state index contributed by atoms with van der Waals surface area (Å²) < 4.78 is 1.77.